The number of benzene rings is 1. The summed E-state index contributed by atoms with van der Waals surface area (Å²) in [6.07, 6.45) is 3.83. The minimum Gasteiger partial charge on any atom is -0.335 e. The van der Waals surface area contributed by atoms with Crippen molar-refractivity contribution in [2.75, 3.05) is 0 Å². The Balaban J connectivity index is 1.78. The predicted molar refractivity (Wildman–Crippen MR) is 79.2 cm³/mol. The first-order chi connectivity index (χ1) is 10.1. The molecule has 2 aromatic rings. The fourth-order valence-electron chi connectivity index (χ4n) is 2.00. The third-order valence-corrected chi connectivity index (χ3v) is 3.04. The van der Waals surface area contributed by atoms with Gasteiger partial charge in [0.2, 0.25) is 0 Å². The number of amides is 2. The summed E-state index contributed by atoms with van der Waals surface area (Å²) in [6, 6.07) is 9.85. The molecule has 2 amide bonds. The van der Waals surface area contributed by atoms with Crippen LogP contribution in [0.15, 0.2) is 48.8 Å². The molecule has 0 aliphatic heterocycles. The zero-order valence-corrected chi connectivity index (χ0v) is 11.8. The van der Waals surface area contributed by atoms with E-state index in [9.17, 15) is 9.18 Å². The van der Waals surface area contributed by atoms with Gasteiger partial charge in [-0.1, -0.05) is 24.3 Å². The molecule has 0 bridgehead atoms. The van der Waals surface area contributed by atoms with Gasteiger partial charge in [-0.25, -0.2) is 9.18 Å². The second-order valence-electron chi connectivity index (χ2n) is 4.88. The Kier molecular flexibility index (Phi) is 5.26. The molecule has 0 saturated carbocycles. The predicted octanol–water partition coefficient (Wildman–Crippen LogP) is 2.65. The number of carbonyl (C=O) groups is 1. The van der Waals surface area contributed by atoms with Crippen molar-refractivity contribution in [3.63, 3.8) is 0 Å². The van der Waals surface area contributed by atoms with Gasteiger partial charge in [-0.15, -0.1) is 0 Å². The van der Waals surface area contributed by atoms with Crippen molar-refractivity contribution in [3.8, 4) is 0 Å². The lowest BCUT2D eigenvalue weighted by atomic mass is 10.1. The van der Waals surface area contributed by atoms with Gasteiger partial charge in [-0.3, -0.25) is 4.98 Å². The van der Waals surface area contributed by atoms with Crippen molar-refractivity contribution in [2.45, 2.75) is 25.9 Å². The molecule has 1 aromatic carbocycles. The van der Waals surface area contributed by atoms with Crippen molar-refractivity contribution < 1.29 is 9.18 Å². The van der Waals surface area contributed by atoms with Gasteiger partial charge in [-0.2, -0.15) is 0 Å². The highest BCUT2D eigenvalue weighted by molar-refractivity contribution is 5.74. The summed E-state index contributed by atoms with van der Waals surface area (Å²) in [5.74, 6) is -0.248. The molecule has 110 valence electrons. The van der Waals surface area contributed by atoms with Crippen molar-refractivity contribution in [2.24, 2.45) is 0 Å². The summed E-state index contributed by atoms with van der Waals surface area (Å²) in [5, 5.41) is 5.54. The van der Waals surface area contributed by atoms with Crippen LogP contribution in [0.2, 0.25) is 0 Å². The monoisotopic (exact) mass is 287 g/mol. The van der Waals surface area contributed by atoms with Gasteiger partial charge in [0, 0.05) is 25.0 Å². The first-order valence-corrected chi connectivity index (χ1v) is 6.82. The summed E-state index contributed by atoms with van der Waals surface area (Å²) >= 11 is 0. The number of pyridine rings is 1. The highest BCUT2D eigenvalue weighted by atomic mass is 19.1. The van der Waals surface area contributed by atoms with E-state index in [0.29, 0.717) is 18.5 Å². The first kappa shape index (κ1) is 15.0. The van der Waals surface area contributed by atoms with E-state index in [1.54, 1.807) is 30.6 Å². The number of carbonyl (C=O) groups excluding carboxylic acids is 1. The fourth-order valence-corrected chi connectivity index (χ4v) is 2.00. The second-order valence-corrected chi connectivity index (χ2v) is 4.88. The maximum Gasteiger partial charge on any atom is 0.315 e. The normalized spacial score (nSPS) is 11.7. The third-order valence-electron chi connectivity index (χ3n) is 3.04. The minimum absolute atomic E-state index is 0.157. The lowest BCUT2D eigenvalue weighted by Crippen LogP contribution is -2.41. The molecule has 21 heavy (non-hydrogen) atoms. The number of urea groups is 1. The molecular weight excluding hydrogens is 269 g/mol. The zero-order chi connectivity index (χ0) is 15.1. The first-order valence-electron chi connectivity index (χ1n) is 6.82. The van der Waals surface area contributed by atoms with E-state index in [0.717, 1.165) is 5.56 Å². The lowest BCUT2D eigenvalue weighted by Gasteiger charge is -2.15. The number of hydrogen-bond donors (Lipinski definition) is 2. The van der Waals surface area contributed by atoms with Crippen LogP contribution in [0.1, 0.15) is 18.1 Å². The SMILES string of the molecule is CC(Cc1ccccc1F)NC(=O)NCc1cccnc1. The number of aromatic nitrogens is 1. The van der Waals surface area contributed by atoms with Crippen LogP contribution in [-0.2, 0) is 13.0 Å². The second kappa shape index (κ2) is 7.38. The van der Waals surface area contributed by atoms with Crippen molar-refractivity contribution in [1.82, 2.24) is 15.6 Å². The molecule has 0 aliphatic carbocycles. The molecule has 0 radical (unpaired) electrons. The van der Waals surface area contributed by atoms with E-state index < -0.39 is 0 Å². The smallest absolute Gasteiger partial charge is 0.315 e. The molecule has 5 heteroatoms. The summed E-state index contributed by atoms with van der Waals surface area (Å²) in [7, 11) is 0. The van der Waals surface area contributed by atoms with Gasteiger partial charge in [0.25, 0.3) is 0 Å². The summed E-state index contributed by atoms with van der Waals surface area (Å²) in [5.41, 5.74) is 1.52. The Morgan fingerprint density at radius 1 is 1.29 bits per heavy atom. The maximum absolute atomic E-state index is 13.5. The van der Waals surface area contributed by atoms with Crippen LogP contribution in [0.25, 0.3) is 0 Å². The van der Waals surface area contributed by atoms with E-state index in [2.05, 4.69) is 15.6 Å². The van der Waals surface area contributed by atoms with E-state index >= 15 is 0 Å². The quantitative estimate of drug-likeness (QED) is 0.888. The summed E-state index contributed by atoms with van der Waals surface area (Å²) < 4.78 is 13.5. The number of halogens is 1. The lowest BCUT2D eigenvalue weighted by molar-refractivity contribution is 0.237. The summed E-state index contributed by atoms with van der Waals surface area (Å²) in [4.78, 5) is 15.7. The largest absolute Gasteiger partial charge is 0.335 e. The van der Waals surface area contributed by atoms with Crippen LogP contribution >= 0.6 is 0 Å². The van der Waals surface area contributed by atoms with Crippen molar-refractivity contribution in [1.29, 1.82) is 0 Å². The fraction of sp³-hybridized carbons (Fsp3) is 0.250. The average molecular weight is 287 g/mol. The molecule has 4 nitrogen and oxygen atoms in total. The number of nitrogens with zero attached hydrogens (tertiary/aromatic N) is 1. The van der Waals surface area contributed by atoms with Crippen molar-refractivity contribution >= 4 is 6.03 Å². The van der Waals surface area contributed by atoms with Gasteiger partial charge in [0.05, 0.1) is 0 Å². The Labute approximate surface area is 123 Å². The van der Waals surface area contributed by atoms with Gasteiger partial charge in [0.15, 0.2) is 0 Å². The van der Waals surface area contributed by atoms with Crippen LogP contribution in [-0.4, -0.2) is 17.1 Å². The zero-order valence-electron chi connectivity index (χ0n) is 11.8. The van der Waals surface area contributed by atoms with Gasteiger partial charge in [0.1, 0.15) is 5.82 Å². The Bertz CT molecular complexity index is 589. The molecule has 1 unspecified atom stereocenters. The third kappa shape index (κ3) is 4.87. The van der Waals surface area contributed by atoms with Crippen molar-refractivity contribution in [3.05, 3.63) is 65.7 Å². The summed E-state index contributed by atoms with van der Waals surface area (Å²) in [6.45, 7) is 2.25. The Morgan fingerprint density at radius 3 is 2.81 bits per heavy atom. The standard InChI is InChI=1S/C16H18FN3O/c1-12(9-14-6-2-3-7-15(14)17)20-16(21)19-11-13-5-4-8-18-10-13/h2-8,10,12H,9,11H2,1H3,(H2,19,20,21). The molecule has 1 heterocycles. The molecule has 0 saturated heterocycles. The van der Waals surface area contributed by atoms with Crippen LogP contribution in [0.4, 0.5) is 9.18 Å². The van der Waals surface area contributed by atoms with Gasteiger partial charge < -0.3 is 10.6 Å². The Hall–Kier alpha value is -2.43. The van der Waals surface area contributed by atoms with Crippen LogP contribution in [0.3, 0.4) is 0 Å². The topological polar surface area (TPSA) is 54.0 Å². The molecule has 0 aliphatic rings. The average Bonchev–Trinajstić information content (AvgIpc) is 2.48. The molecule has 0 fully saturated rings. The van der Waals surface area contributed by atoms with Crippen LogP contribution in [0.5, 0.6) is 0 Å². The highest BCUT2D eigenvalue weighted by Crippen LogP contribution is 2.08. The highest BCUT2D eigenvalue weighted by Gasteiger charge is 2.10. The molecule has 1 aromatic heterocycles. The van der Waals surface area contributed by atoms with Gasteiger partial charge in [-0.05, 0) is 36.6 Å². The Morgan fingerprint density at radius 2 is 2.10 bits per heavy atom. The number of nitrogens with one attached hydrogen (secondary N) is 2. The molecule has 1 atom stereocenters. The molecular formula is C16H18FN3O. The minimum atomic E-state index is -0.275. The van der Waals surface area contributed by atoms with E-state index in [-0.39, 0.29) is 17.9 Å². The molecule has 2 rings (SSSR count). The maximum atomic E-state index is 13.5. The number of hydrogen-bond acceptors (Lipinski definition) is 2. The number of rotatable bonds is 5. The molecule has 0 spiro atoms. The molecule has 2 N–H and O–H groups in total. The van der Waals surface area contributed by atoms with Crippen LogP contribution in [0, 0.1) is 5.82 Å². The van der Waals surface area contributed by atoms with E-state index in [4.69, 9.17) is 0 Å². The van der Waals surface area contributed by atoms with E-state index in [1.165, 1.54) is 6.07 Å². The van der Waals surface area contributed by atoms with Gasteiger partial charge >= 0.3 is 6.03 Å². The van der Waals surface area contributed by atoms with E-state index in [1.807, 2.05) is 19.1 Å². The van der Waals surface area contributed by atoms with Crippen LogP contribution < -0.4 is 10.6 Å².